The summed E-state index contributed by atoms with van der Waals surface area (Å²) in [5, 5.41) is 5.31. The largest absolute Gasteiger partial charge is 0.387 e. The van der Waals surface area contributed by atoms with Gasteiger partial charge in [0.15, 0.2) is 0 Å². The number of hydrogen-bond donors (Lipinski definition) is 2. The lowest BCUT2D eigenvalue weighted by Crippen LogP contribution is -2.32. The van der Waals surface area contributed by atoms with E-state index in [4.69, 9.17) is 0 Å². The fourth-order valence-corrected chi connectivity index (χ4v) is 3.15. The van der Waals surface area contributed by atoms with Gasteiger partial charge < -0.3 is 5.32 Å². The van der Waals surface area contributed by atoms with Crippen molar-refractivity contribution in [1.82, 2.24) is 5.32 Å². The zero-order valence-electron chi connectivity index (χ0n) is 13.7. The molecule has 2 N–H and O–H groups in total. The third-order valence-corrected chi connectivity index (χ3v) is 4.32. The van der Waals surface area contributed by atoms with Crippen LogP contribution in [0.15, 0.2) is 70.5 Å². The van der Waals surface area contributed by atoms with Gasteiger partial charge in [-0.3, -0.25) is 19.7 Å². The van der Waals surface area contributed by atoms with Gasteiger partial charge in [-0.1, -0.05) is 54.2 Å². The quantitative estimate of drug-likeness (QED) is 0.651. The maximum Gasteiger partial charge on any atom is 0.251 e. The van der Waals surface area contributed by atoms with Crippen LogP contribution >= 0.6 is 11.8 Å². The Labute approximate surface area is 150 Å². The number of imide groups is 1. The second kappa shape index (κ2) is 9.44. The van der Waals surface area contributed by atoms with Crippen molar-refractivity contribution in [1.29, 1.82) is 0 Å². The molecule has 0 fully saturated rings. The Kier molecular flexibility index (Phi) is 6.98. The Morgan fingerprint density at radius 2 is 1.72 bits per heavy atom. The van der Waals surface area contributed by atoms with E-state index in [1.165, 1.54) is 17.8 Å². The number of nitrogens with one attached hydrogen (secondary N) is 2. The highest BCUT2D eigenvalue weighted by Crippen LogP contribution is 2.34. The van der Waals surface area contributed by atoms with Crippen LogP contribution < -0.4 is 10.6 Å². The van der Waals surface area contributed by atoms with Crippen molar-refractivity contribution in [3.63, 3.8) is 0 Å². The minimum atomic E-state index is -0.342. The molecule has 0 spiro atoms. The Hall–Kier alpha value is -2.86. The first-order valence-corrected chi connectivity index (χ1v) is 8.43. The molecule has 0 bridgehead atoms. The van der Waals surface area contributed by atoms with Crippen molar-refractivity contribution in [2.75, 3.05) is 12.4 Å². The van der Waals surface area contributed by atoms with E-state index in [2.05, 4.69) is 10.6 Å². The smallest absolute Gasteiger partial charge is 0.251 e. The van der Waals surface area contributed by atoms with Crippen LogP contribution in [0.1, 0.15) is 16.8 Å². The highest BCUT2D eigenvalue weighted by Gasteiger charge is 2.17. The second-order valence-electron chi connectivity index (χ2n) is 5.08. The van der Waals surface area contributed by atoms with Crippen LogP contribution in [-0.4, -0.2) is 25.1 Å². The first kappa shape index (κ1) is 18.5. The summed E-state index contributed by atoms with van der Waals surface area (Å²) in [7, 11) is 1.84. The molecule has 1 aliphatic heterocycles. The van der Waals surface area contributed by atoms with Crippen molar-refractivity contribution >= 4 is 35.5 Å². The summed E-state index contributed by atoms with van der Waals surface area (Å²) in [4.78, 5) is 34.2. The Morgan fingerprint density at radius 1 is 1.04 bits per heavy atom. The molecule has 0 saturated carbocycles. The third-order valence-electron chi connectivity index (χ3n) is 3.22. The van der Waals surface area contributed by atoms with Crippen molar-refractivity contribution in [2.45, 2.75) is 11.3 Å². The van der Waals surface area contributed by atoms with Crippen LogP contribution in [0.3, 0.4) is 0 Å². The lowest BCUT2D eigenvalue weighted by atomic mass is 10.2. The molecular weight excluding hydrogens is 336 g/mol. The van der Waals surface area contributed by atoms with Gasteiger partial charge >= 0.3 is 0 Å². The lowest BCUT2D eigenvalue weighted by Gasteiger charge is -2.14. The number of carbonyl (C=O) groups is 3. The van der Waals surface area contributed by atoms with E-state index in [-0.39, 0.29) is 18.2 Å². The van der Waals surface area contributed by atoms with Crippen molar-refractivity contribution in [2.24, 2.45) is 0 Å². The number of rotatable bonds is 4. The Bertz CT molecular complexity index is 788. The highest BCUT2D eigenvalue weighted by atomic mass is 32.2. The van der Waals surface area contributed by atoms with Crippen LogP contribution in [-0.2, 0) is 9.59 Å². The van der Waals surface area contributed by atoms with Gasteiger partial charge in [0.1, 0.15) is 6.29 Å². The predicted molar refractivity (Wildman–Crippen MR) is 99.5 cm³/mol. The van der Waals surface area contributed by atoms with E-state index in [9.17, 15) is 14.4 Å². The number of benzene rings is 2. The summed E-state index contributed by atoms with van der Waals surface area (Å²) in [6.45, 7) is 0. The summed E-state index contributed by atoms with van der Waals surface area (Å²) in [6.07, 6.45) is 2.56. The van der Waals surface area contributed by atoms with Gasteiger partial charge in [-0.2, -0.15) is 0 Å². The summed E-state index contributed by atoms with van der Waals surface area (Å²) in [5.74, 6) is -0.590. The average molecular weight is 354 g/mol. The first-order valence-electron chi connectivity index (χ1n) is 7.61. The standard InChI is InChI=1S/C12H12N2O2S.C7H6O/c1-13-9-4-2-3-5-10(9)17-8-6-11(15)14-12(16)7-8;8-6-7-4-2-1-3-5-7/h2-6,13H,7H2,1H3,(H,14,15,16);1-6H. The SMILES string of the molecule is CNc1ccccc1SC1=CC(=O)NC(=O)C1.O=Cc1ccccc1. The minimum absolute atomic E-state index is 0.248. The number of aldehydes is 1. The van der Waals surface area contributed by atoms with Crippen LogP contribution in [0.5, 0.6) is 0 Å². The normalized spacial score (nSPS) is 13.1. The van der Waals surface area contributed by atoms with Crippen LogP contribution in [0.25, 0.3) is 0 Å². The summed E-state index contributed by atoms with van der Waals surface area (Å²) in [6, 6.07) is 16.9. The van der Waals surface area contributed by atoms with E-state index in [1.54, 1.807) is 12.1 Å². The minimum Gasteiger partial charge on any atom is -0.387 e. The zero-order valence-corrected chi connectivity index (χ0v) is 14.5. The molecule has 0 unspecified atom stereocenters. The fourth-order valence-electron chi connectivity index (χ4n) is 2.07. The third kappa shape index (κ3) is 5.93. The van der Waals surface area contributed by atoms with Crippen molar-refractivity contribution in [3.8, 4) is 0 Å². The molecule has 0 saturated heterocycles. The lowest BCUT2D eigenvalue weighted by molar-refractivity contribution is -0.128. The van der Waals surface area contributed by atoms with E-state index in [0.717, 1.165) is 27.3 Å². The molecule has 2 aromatic rings. The molecule has 1 heterocycles. The maximum atomic E-state index is 11.2. The van der Waals surface area contributed by atoms with Gasteiger partial charge in [0, 0.05) is 34.2 Å². The molecule has 128 valence electrons. The molecule has 0 aliphatic carbocycles. The Morgan fingerprint density at radius 3 is 2.32 bits per heavy atom. The fraction of sp³-hybridized carbons (Fsp3) is 0.105. The van der Waals surface area contributed by atoms with Crippen LogP contribution in [0.2, 0.25) is 0 Å². The van der Waals surface area contributed by atoms with Gasteiger partial charge in [0.25, 0.3) is 5.91 Å². The molecule has 1 aliphatic rings. The van der Waals surface area contributed by atoms with E-state index in [1.807, 2.05) is 49.5 Å². The molecule has 2 aromatic carbocycles. The second-order valence-corrected chi connectivity index (χ2v) is 6.24. The van der Waals surface area contributed by atoms with E-state index >= 15 is 0 Å². The molecule has 3 rings (SSSR count). The van der Waals surface area contributed by atoms with E-state index < -0.39 is 0 Å². The zero-order chi connectivity index (χ0) is 18.1. The number of hydrogen-bond acceptors (Lipinski definition) is 5. The number of amides is 2. The highest BCUT2D eigenvalue weighted by molar-refractivity contribution is 8.03. The topological polar surface area (TPSA) is 75.3 Å². The molecule has 0 atom stereocenters. The summed E-state index contributed by atoms with van der Waals surface area (Å²) in [5.41, 5.74) is 1.71. The summed E-state index contributed by atoms with van der Waals surface area (Å²) >= 11 is 1.44. The van der Waals surface area contributed by atoms with Crippen LogP contribution in [0, 0.1) is 0 Å². The first-order chi connectivity index (χ1) is 12.1. The van der Waals surface area contributed by atoms with Gasteiger partial charge in [0.05, 0.1) is 6.42 Å². The number of anilines is 1. The number of carbonyl (C=O) groups excluding carboxylic acids is 3. The molecule has 0 aromatic heterocycles. The molecule has 25 heavy (non-hydrogen) atoms. The van der Waals surface area contributed by atoms with Gasteiger partial charge in [0.2, 0.25) is 5.91 Å². The monoisotopic (exact) mass is 354 g/mol. The van der Waals surface area contributed by atoms with E-state index in [0.29, 0.717) is 0 Å². The maximum absolute atomic E-state index is 11.2. The van der Waals surface area contributed by atoms with Gasteiger partial charge in [-0.15, -0.1) is 0 Å². The van der Waals surface area contributed by atoms with Crippen molar-refractivity contribution in [3.05, 3.63) is 71.1 Å². The average Bonchev–Trinajstić information content (AvgIpc) is 2.62. The van der Waals surface area contributed by atoms with Crippen molar-refractivity contribution < 1.29 is 14.4 Å². The van der Waals surface area contributed by atoms with Gasteiger partial charge in [-0.25, -0.2) is 0 Å². The molecule has 5 nitrogen and oxygen atoms in total. The molecule has 0 radical (unpaired) electrons. The predicted octanol–water partition coefficient (Wildman–Crippen LogP) is 3.25. The number of para-hydroxylation sites is 1. The van der Waals surface area contributed by atoms with Crippen LogP contribution in [0.4, 0.5) is 5.69 Å². The van der Waals surface area contributed by atoms with Gasteiger partial charge in [-0.05, 0) is 12.1 Å². The number of thioether (sulfide) groups is 1. The Balaban J connectivity index is 0.000000236. The summed E-state index contributed by atoms with van der Waals surface area (Å²) < 4.78 is 0. The molecule has 2 amide bonds. The molecule has 6 heteroatoms. The molecular formula is C19H18N2O3S.